The molecule has 1 aliphatic heterocycles. The third-order valence-corrected chi connectivity index (χ3v) is 5.78. The first-order valence-electron chi connectivity index (χ1n) is 10.2. The Morgan fingerprint density at radius 3 is 2.19 bits per heavy atom. The van der Waals surface area contributed by atoms with Gasteiger partial charge in [-0.15, -0.1) is 0 Å². The van der Waals surface area contributed by atoms with Crippen molar-refractivity contribution < 1.29 is 9.59 Å². The minimum atomic E-state index is -0.0936. The van der Waals surface area contributed by atoms with Crippen LogP contribution in [0.1, 0.15) is 38.5 Å². The average Bonchev–Trinajstić information content (AvgIpc) is 2.98. The van der Waals surface area contributed by atoms with E-state index in [1.165, 1.54) is 38.5 Å². The van der Waals surface area contributed by atoms with E-state index in [4.69, 9.17) is 0 Å². The van der Waals surface area contributed by atoms with Crippen LogP contribution in [0.4, 0.5) is 10.5 Å². The summed E-state index contributed by atoms with van der Waals surface area (Å²) in [6.07, 6.45) is 7.61. The normalized spacial score (nSPS) is 19.0. The first kappa shape index (κ1) is 19.7. The second-order valence-corrected chi connectivity index (χ2v) is 7.72. The first-order chi connectivity index (χ1) is 13.1. The number of piperazine rings is 1. The molecule has 2 fully saturated rings. The number of anilines is 1. The molecule has 0 atom stereocenters. The number of hydrogen-bond donors (Lipinski definition) is 1. The SMILES string of the molecule is CN(CC(=O)N1CCN(C(=O)Nc2ccccc2)CC1)C1CCCCCC1. The van der Waals surface area contributed by atoms with E-state index in [0.29, 0.717) is 38.8 Å². The molecule has 1 heterocycles. The van der Waals surface area contributed by atoms with E-state index in [-0.39, 0.29) is 11.9 Å². The summed E-state index contributed by atoms with van der Waals surface area (Å²) in [6, 6.07) is 9.92. The molecule has 0 spiro atoms. The van der Waals surface area contributed by atoms with Gasteiger partial charge in [-0.2, -0.15) is 0 Å². The van der Waals surface area contributed by atoms with Crippen LogP contribution in [-0.2, 0) is 4.79 Å². The molecule has 1 aromatic carbocycles. The van der Waals surface area contributed by atoms with Crippen LogP contribution in [0.25, 0.3) is 0 Å². The lowest BCUT2D eigenvalue weighted by atomic mass is 10.1. The fourth-order valence-electron chi connectivity index (χ4n) is 4.02. The third-order valence-electron chi connectivity index (χ3n) is 5.78. The molecule has 1 N–H and O–H groups in total. The van der Waals surface area contributed by atoms with E-state index in [1.807, 2.05) is 35.2 Å². The van der Waals surface area contributed by atoms with E-state index in [9.17, 15) is 9.59 Å². The highest BCUT2D eigenvalue weighted by atomic mass is 16.2. The Bertz CT molecular complexity index is 606. The number of rotatable bonds is 4. The highest BCUT2D eigenvalue weighted by Gasteiger charge is 2.26. The minimum absolute atomic E-state index is 0.0936. The zero-order chi connectivity index (χ0) is 19.1. The monoisotopic (exact) mass is 372 g/mol. The summed E-state index contributed by atoms with van der Waals surface area (Å²) in [4.78, 5) is 31.0. The van der Waals surface area contributed by atoms with Crippen molar-refractivity contribution >= 4 is 17.6 Å². The van der Waals surface area contributed by atoms with Gasteiger partial charge in [-0.1, -0.05) is 43.9 Å². The highest BCUT2D eigenvalue weighted by molar-refractivity contribution is 5.89. The minimum Gasteiger partial charge on any atom is -0.338 e. The highest BCUT2D eigenvalue weighted by Crippen LogP contribution is 2.21. The van der Waals surface area contributed by atoms with Crippen LogP contribution in [0.3, 0.4) is 0 Å². The largest absolute Gasteiger partial charge is 0.338 e. The predicted octanol–water partition coefficient (Wildman–Crippen LogP) is 3.02. The summed E-state index contributed by atoms with van der Waals surface area (Å²) in [5.41, 5.74) is 0.797. The number of urea groups is 1. The molecule has 3 amide bonds. The molecular formula is C21H32N4O2. The number of carbonyl (C=O) groups is 2. The van der Waals surface area contributed by atoms with Crippen molar-refractivity contribution in [1.82, 2.24) is 14.7 Å². The van der Waals surface area contributed by atoms with Crippen molar-refractivity contribution in [3.05, 3.63) is 30.3 Å². The second kappa shape index (κ2) is 9.74. The number of likely N-dealkylation sites (N-methyl/N-ethyl adjacent to an activating group) is 1. The molecule has 6 nitrogen and oxygen atoms in total. The summed E-state index contributed by atoms with van der Waals surface area (Å²) < 4.78 is 0. The Morgan fingerprint density at radius 2 is 1.56 bits per heavy atom. The van der Waals surface area contributed by atoms with Gasteiger partial charge in [-0.25, -0.2) is 4.79 Å². The summed E-state index contributed by atoms with van der Waals surface area (Å²) in [7, 11) is 2.08. The summed E-state index contributed by atoms with van der Waals surface area (Å²) in [6.45, 7) is 2.87. The number of benzene rings is 1. The lowest BCUT2D eigenvalue weighted by Gasteiger charge is -2.36. The maximum atomic E-state index is 12.7. The van der Waals surface area contributed by atoms with Gasteiger partial charge in [0.15, 0.2) is 0 Å². The zero-order valence-electron chi connectivity index (χ0n) is 16.4. The molecule has 1 saturated heterocycles. The molecule has 0 unspecified atom stereocenters. The van der Waals surface area contributed by atoms with Gasteiger partial charge in [0, 0.05) is 37.9 Å². The van der Waals surface area contributed by atoms with Crippen molar-refractivity contribution in [3.8, 4) is 0 Å². The topological polar surface area (TPSA) is 55.9 Å². The number of nitrogens with zero attached hydrogens (tertiary/aromatic N) is 3. The summed E-state index contributed by atoms with van der Waals surface area (Å²) in [5.74, 6) is 0.185. The maximum absolute atomic E-state index is 12.7. The van der Waals surface area contributed by atoms with Gasteiger partial charge in [0.1, 0.15) is 0 Å². The molecule has 0 bridgehead atoms. The van der Waals surface area contributed by atoms with Crippen LogP contribution >= 0.6 is 0 Å². The number of para-hydroxylation sites is 1. The molecule has 1 aliphatic carbocycles. The van der Waals surface area contributed by atoms with Crippen molar-refractivity contribution in [2.45, 2.75) is 44.6 Å². The van der Waals surface area contributed by atoms with Gasteiger partial charge in [-0.3, -0.25) is 9.69 Å². The van der Waals surface area contributed by atoms with Crippen LogP contribution < -0.4 is 5.32 Å². The second-order valence-electron chi connectivity index (χ2n) is 7.72. The van der Waals surface area contributed by atoms with Crippen molar-refractivity contribution in [2.75, 3.05) is 45.1 Å². The third kappa shape index (κ3) is 5.70. The Morgan fingerprint density at radius 1 is 0.963 bits per heavy atom. The van der Waals surface area contributed by atoms with E-state index in [2.05, 4.69) is 17.3 Å². The molecule has 0 aromatic heterocycles. The van der Waals surface area contributed by atoms with Gasteiger partial charge in [0.25, 0.3) is 0 Å². The summed E-state index contributed by atoms with van der Waals surface area (Å²) >= 11 is 0. The molecule has 148 valence electrons. The van der Waals surface area contributed by atoms with Crippen molar-refractivity contribution in [2.24, 2.45) is 0 Å². The molecule has 3 rings (SSSR count). The maximum Gasteiger partial charge on any atom is 0.321 e. The number of carbonyl (C=O) groups excluding carboxylic acids is 2. The van der Waals surface area contributed by atoms with E-state index >= 15 is 0 Å². The molecule has 1 aromatic rings. The van der Waals surface area contributed by atoms with Gasteiger partial charge in [0.05, 0.1) is 6.54 Å². The molecule has 2 aliphatic rings. The van der Waals surface area contributed by atoms with Crippen LogP contribution in [0, 0.1) is 0 Å². The van der Waals surface area contributed by atoms with E-state index < -0.39 is 0 Å². The van der Waals surface area contributed by atoms with Crippen molar-refractivity contribution in [3.63, 3.8) is 0 Å². The smallest absolute Gasteiger partial charge is 0.321 e. The zero-order valence-corrected chi connectivity index (χ0v) is 16.4. The van der Waals surface area contributed by atoms with Crippen molar-refractivity contribution in [1.29, 1.82) is 0 Å². The molecule has 6 heteroatoms. The predicted molar refractivity (Wildman–Crippen MR) is 108 cm³/mol. The number of nitrogens with one attached hydrogen (secondary N) is 1. The fraction of sp³-hybridized carbons (Fsp3) is 0.619. The van der Waals surface area contributed by atoms with Gasteiger partial charge in [-0.05, 0) is 32.0 Å². The lowest BCUT2D eigenvalue weighted by molar-refractivity contribution is -0.134. The quantitative estimate of drug-likeness (QED) is 0.827. The first-order valence-corrected chi connectivity index (χ1v) is 10.2. The molecule has 27 heavy (non-hydrogen) atoms. The van der Waals surface area contributed by atoms with Gasteiger partial charge < -0.3 is 15.1 Å². The Labute approximate surface area is 162 Å². The van der Waals surface area contributed by atoms with Crippen LogP contribution in [0.2, 0.25) is 0 Å². The van der Waals surface area contributed by atoms with E-state index in [1.54, 1.807) is 4.90 Å². The Balaban J connectivity index is 1.42. The van der Waals surface area contributed by atoms with Gasteiger partial charge >= 0.3 is 6.03 Å². The van der Waals surface area contributed by atoms with E-state index in [0.717, 1.165) is 5.69 Å². The average molecular weight is 373 g/mol. The number of amides is 3. The van der Waals surface area contributed by atoms with Crippen LogP contribution in [-0.4, -0.2) is 72.5 Å². The Hall–Kier alpha value is -2.08. The standard InChI is InChI=1S/C21H32N4O2/c1-23(19-11-7-2-3-8-12-19)17-20(26)24-13-15-25(16-14-24)21(27)22-18-9-5-4-6-10-18/h4-6,9-10,19H,2-3,7-8,11-17H2,1H3,(H,22,27). The lowest BCUT2D eigenvalue weighted by Crippen LogP contribution is -2.53. The Kier molecular flexibility index (Phi) is 7.10. The number of hydrogen-bond acceptors (Lipinski definition) is 3. The molecular weight excluding hydrogens is 340 g/mol. The van der Waals surface area contributed by atoms with Crippen LogP contribution in [0.15, 0.2) is 30.3 Å². The fourth-order valence-corrected chi connectivity index (χ4v) is 4.02. The molecule has 1 saturated carbocycles. The van der Waals surface area contributed by atoms with Crippen LogP contribution in [0.5, 0.6) is 0 Å². The van der Waals surface area contributed by atoms with Gasteiger partial charge in [0.2, 0.25) is 5.91 Å². The molecule has 0 radical (unpaired) electrons. The summed E-state index contributed by atoms with van der Waals surface area (Å²) in [5, 5.41) is 2.91.